The van der Waals surface area contributed by atoms with Gasteiger partial charge in [0.2, 0.25) is 10.0 Å². The summed E-state index contributed by atoms with van der Waals surface area (Å²) in [5.74, 6) is 0.555. The second-order valence-electron chi connectivity index (χ2n) is 16.0. The van der Waals surface area contributed by atoms with Crippen molar-refractivity contribution < 1.29 is 27.5 Å². The normalized spacial score (nSPS) is 19.4. The minimum absolute atomic E-state index is 0.0798. The molecule has 4 aromatic rings. The summed E-state index contributed by atoms with van der Waals surface area (Å²) in [6.07, 6.45) is 9.31. The molecule has 1 N–H and O–H groups in total. The maximum absolute atomic E-state index is 14.5. The van der Waals surface area contributed by atoms with E-state index in [1.807, 2.05) is 41.6 Å². The van der Waals surface area contributed by atoms with Crippen LogP contribution in [0.4, 0.5) is 0 Å². The van der Waals surface area contributed by atoms with Gasteiger partial charge >= 0.3 is 0 Å². The minimum Gasteiger partial charge on any atom is -0.497 e. The Hall–Kier alpha value is -4.42. The molecule has 0 bridgehead atoms. The van der Waals surface area contributed by atoms with E-state index in [-0.39, 0.29) is 29.6 Å². The lowest BCUT2D eigenvalue weighted by Crippen LogP contribution is -2.48. The highest BCUT2D eigenvalue weighted by molar-refractivity contribution is 7.90. The van der Waals surface area contributed by atoms with E-state index in [2.05, 4.69) is 41.3 Å². The van der Waals surface area contributed by atoms with Crippen LogP contribution in [0.3, 0.4) is 0 Å². The van der Waals surface area contributed by atoms with E-state index in [4.69, 9.17) is 14.6 Å². The number of rotatable bonds is 9. The summed E-state index contributed by atoms with van der Waals surface area (Å²) in [5.41, 5.74) is 7.64. The maximum Gasteiger partial charge on any atom is 0.264 e. The molecule has 2 aromatic carbocycles. The molecule has 4 heterocycles. The molecule has 7 rings (SSSR count). The molecular formula is C42H53N5O6S. The second kappa shape index (κ2) is 15.0. The van der Waals surface area contributed by atoms with E-state index >= 15 is 0 Å². The van der Waals surface area contributed by atoms with Crippen LogP contribution in [-0.2, 0) is 27.8 Å². The van der Waals surface area contributed by atoms with Crippen molar-refractivity contribution >= 4 is 44.4 Å². The van der Waals surface area contributed by atoms with Crippen molar-refractivity contribution in [2.24, 2.45) is 5.92 Å². The van der Waals surface area contributed by atoms with Crippen molar-refractivity contribution in [1.82, 2.24) is 24.0 Å². The van der Waals surface area contributed by atoms with Crippen LogP contribution in [0.15, 0.2) is 42.6 Å². The van der Waals surface area contributed by atoms with Gasteiger partial charge in [0, 0.05) is 41.7 Å². The molecule has 12 heteroatoms. The van der Waals surface area contributed by atoms with Gasteiger partial charge in [0.15, 0.2) is 0 Å². The Labute approximate surface area is 318 Å². The lowest BCUT2D eigenvalue weighted by atomic mass is 9.81. The molecular weight excluding hydrogens is 703 g/mol. The van der Waals surface area contributed by atoms with Crippen LogP contribution in [0.1, 0.15) is 117 Å². The van der Waals surface area contributed by atoms with Gasteiger partial charge in [-0.2, -0.15) is 5.10 Å². The van der Waals surface area contributed by atoms with Crippen LogP contribution in [0.25, 0.3) is 33.8 Å². The Balaban J connectivity index is 1.46. The minimum atomic E-state index is -3.84. The lowest BCUT2D eigenvalue weighted by Gasteiger charge is -2.35. The van der Waals surface area contributed by atoms with Gasteiger partial charge in [-0.3, -0.25) is 14.3 Å². The summed E-state index contributed by atoms with van der Waals surface area (Å²) >= 11 is 0. The Morgan fingerprint density at radius 2 is 1.70 bits per heavy atom. The average Bonchev–Trinajstić information content (AvgIpc) is 3.63. The smallest absolute Gasteiger partial charge is 0.264 e. The van der Waals surface area contributed by atoms with Crippen LogP contribution in [-0.4, -0.2) is 77.1 Å². The van der Waals surface area contributed by atoms with E-state index in [9.17, 15) is 18.0 Å². The molecule has 2 amide bonds. The number of sulfonamides is 1. The third-order valence-electron chi connectivity index (χ3n) is 11.0. The summed E-state index contributed by atoms with van der Waals surface area (Å²) in [5, 5.41) is 5.13. The molecule has 288 valence electrons. The summed E-state index contributed by atoms with van der Waals surface area (Å²) in [7, 11) is -2.18. The second-order valence-corrected chi connectivity index (χ2v) is 18.3. The van der Waals surface area contributed by atoms with Gasteiger partial charge in [-0.05, 0) is 105 Å². The first-order valence-electron chi connectivity index (χ1n) is 19.4. The largest absolute Gasteiger partial charge is 0.497 e. The van der Waals surface area contributed by atoms with Gasteiger partial charge in [-0.25, -0.2) is 13.1 Å². The maximum atomic E-state index is 14.5. The molecule has 1 saturated carbocycles. The number of hydrogen-bond acceptors (Lipinski definition) is 7. The Kier molecular flexibility index (Phi) is 10.5. The zero-order chi connectivity index (χ0) is 38.5. The number of nitrogens with zero attached hydrogens (tertiary/aromatic N) is 4. The third-order valence-corrected chi connectivity index (χ3v) is 12.7. The van der Waals surface area contributed by atoms with Crippen molar-refractivity contribution in [3.8, 4) is 17.0 Å². The number of morpholine rings is 1. The Morgan fingerprint density at radius 3 is 2.37 bits per heavy atom. The zero-order valence-electron chi connectivity index (χ0n) is 32.5. The first-order valence-corrected chi connectivity index (χ1v) is 20.9. The number of amides is 2. The van der Waals surface area contributed by atoms with E-state index in [1.54, 1.807) is 33.2 Å². The quantitative estimate of drug-likeness (QED) is 0.188. The van der Waals surface area contributed by atoms with E-state index in [1.165, 1.54) is 12.0 Å². The van der Waals surface area contributed by atoms with E-state index < -0.39 is 21.2 Å². The number of allylic oxidation sites excluding steroid dienone is 1. The summed E-state index contributed by atoms with van der Waals surface area (Å²) in [6.45, 7) is 13.3. The number of benzene rings is 2. The van der Waals surface area contributed by atoms with Crippen LogP contribution in [0.2, 0.25) is 0 Å². The number of aromatic nitrogens is 3. The fraction of sp³-hybridized carbons (Fsp3) is 0.500. The third kappa shape index (κ3) is 7.22. The summed E-state index contributed by atoms with van der Waals surface area (Å²) in [4.78, 5) is 29.9. The first-order chi connectivity index (χ1) is 25.7. The van der Waals surface area contributed by atoms with Gasteiger partial charge in [0.25, 0.3) is 11.8 Å². The summed E-state index contributed by atoms with van der Waals surface area (Å²) in [6, 6.07) is 11.7. The van der Waals surface area contributed by atoms with Crippen molar-refractivity contribution in [3.05, 3.63) is 70.5 Å². The standard InChI is InChI=1S/C42H53N5O6S/c1-25(2)21-47-39(36(20-43-47)42(49)45-22-27(5)53-28(6)23-45)32-17-31-18-33(52-7)14-16-34(31)40-38(29-11-9-8-10-12-29)35-15-13-30(19-37(35)46(40)24-32)41(48)44-54(50,51)26(3)4/h13-20,25-29H,8-12,21-24H2,1-7H3,(H,44,48)/t27-,28+. The number of ether oxygens (including phenoxy) is 2. The van der Waals surface area contributed by atoms with Crippen LogP contribution in [0.5, 0.6) is 5.75 Å². The fourth-order valence-electron chi connectivity index (χ4n) is 8.51. The van der Waals surface area contributed by atoms with Gasteiger partial charge in [-0.1, -0.05) is 39.2 Å². The fourth-order valence-corrected chi connectivity index (χ4v) is 9.12. The van der Waals surface area contributed by atoms with Crippen molar-refractivity contribution in [2.45, 2.75) is 110 Å². The van der Waals surface area contributed by atoms with E-state index in [0.29, 0.717) is 37.7 Å². The number of nitrogens with one attached hydrogen (secondary N) is 1. The number of methoxy groups -OCH3 is 1. The molecule has 2 aromatic heterocycles. The molecule has 2 aliphatic heterocycles. The predicted octanol–water partition coefficient (Wildman–Crippen LogP) is 7.49. The van der Waals surface area contributed by atoms with Gasteiger partial charge < -0.3 is 18.9 Å². The number of carbonyl (C=O) groups is 2. The average molecular weight is 756 g/mol. The van der Waals surface area contributed by atoms with Gasteiger partial charge in [-0.15, -0.1) is 0 Å². The first kappa shape index (κ1) is 37.9. The number of carbonyl (C=O) groups excluding carboxylic acids is 2. The number of fused-ring (bicyclic) bond motifs is 5. The van der Waals surface area contributed by atoms with Crippen molar-refractivity contribution in [2.75, 3.05) is 20.2 Å². The summed E-state index contributed by atoms with van der Waals surface area (Å²) < 4.78 is 43.8. The molecule has 3 aliphatic rings. The molecule has 0 spiro atoms. The van der Waals surface area contributed by atoms with Gasteiger partial charge in [0.05, 0.1) is 54.3 Å². The van der Waals surface area contributed by atoms with Gasteiger partial charge in [0.1, 0.15) is 5.75 Å². The highest BCUT2D eigenvalue weighted by Gasteiger charge is 2.34. The Morgan fingerprint density at radius 1 is 0.981 bits per heavy atom. The molecule has 0 radical (unpaired) electrons. The lowest BCUT2D eigenvalue weighted by molar-refractivity contribution is -0.0586. The molecule has 1 aliphatic carbocycles. The molecule has 2 atom stereocenters. The molecule has 54 heavy (non-hydrogen) atoms. The van der Waals surface area contributed by atoms with Crippen molar-refractivity contribution in [3.63, 3.8) is 0 Å². The Bertz CT molecular complexity index is 2220. The predicted molar refractivity (Wildman–Crippen MR) is 212 cm³/mol. The van der Waals surface area contributed by atoms with E-state index in [0.717, 1.165) is 70.4 Å². The van der Waals surface area contributed by atoms with Crippen LogP contribution in [0, 0.1) is 5.92 Å². The molecule has 2 fully saturated rings. The molecule has 0 unspecified atom stereocenters. The SMILES string of the molecule is COc1ccc2c(c1)C=C(c1c(C(=O)N3C[C@@H](C)O[C@@H](C)C3)cnn1CC(C)C)Cn1c-2c(C2CCCCC2)c2ccc(C(=O)NS(=O)(=O)C(C)C)cc21. The highest BCUT2D eigenvalue weighted by Crippen LogP contribution is 2.48. The zero-order valence-corrected chi connectivity index (χ0v) is 33.3. The van der Waals surface area contributed by atoms with Crippen LogP contribution < -0.4 is 9.46 Å². The highest BCUT2D eigenvalue weighted by atomic mass is 32.2. The molecule has 11 nitrogen and oxygen atoms in total. The molecule has 1 saturated heterocycles. The van der Waals surface area contributed by atoms with Crippen molar-refractivity contribution in [1.29, 1.82) is 0 Å². The number of hydrogen-bond donors (Lipinski definition) is 1. The monoisotopic (exact) mass is 755 g/mol. The topological polar surface area (TPSA) is 125 Å². The van der Waals surface area contributed by atoms with Crippen LogP contribution >= 0.6 is 0 Å².